The van der Waals surface area contributed by atoms with E-state index in [0.717, 1.165) is 16.7 Å². The molecule has 0 aliphatic heterocycles. The molecule has 2 aromatic heterocycles. The van der Waals surface area contributed by atoms with Gasteiger partial charge in [0, 0.05) is 26.0 Å². The fraction of sp³-hybridized carbons (Fsp3) is 0.0870. The Balaban J connectivity index is 1.54. The number of nitrogens with zero attached hydrogens (tertiary/aromatic N) is 3. The lowest BCUT2D eigenvalue weighted by Gasteiger charge is -2.17. The van der Waals surface area contributed by atoms with E-state index in [4.69, 9.17) is 0 Å². The van der Waals surface area contributed by atoms with Crippen LogP contribution in [0.25, 0.3) is 16.8 Å². The predicted molar refractivity (Wildman–Crippen MR) is 109 cm³/mol. The molecule has 5 nitrogen and oxygen atoms in total. The van der Waals surface area contributed by atoms with Gasteiger partial charge < -0.3 is 4.90 Å². The minimum atomic E-state index is -0.359. The highest BCUT2D eigenvalue weighted by Crippen LogP contribution is 2.19. The van der Waals surface area contributed by atoms with E-state index in [2.05, 4.69) is 17.1 Å². The Kier molecular flexibility index (Phi) is 4.72. The first-order chi connectivity index (χ1) is 13.6. The van der Waals surface area contributed by atoms with E-state index >= 15 is 0 Å². The molecule has 0 unspecified atom stereocenters. The second-order valence-electron chi connectivity index (χ2n) is 6.63. The second-order valence-corrected chi connectivity index (χ2v) is 6.63. The Morgan fingerprint density at radius 2 is 1.61 bits per heavy atom. The van der Waals surface area contributed by atoms with Crippen LogP contribution in [0, 0.1) is 0 Å². The number of pyridine rings is 1. The van der Waals surface area contributed by atoms with E-state index < -0.39 is 0 Å². The third kappa shape index (κ3) is 3.42. The highest BCUT2D eigenvalue weighted by atomic mass is 16.2. The van der Waals surface area contributed by atoms with Gasteiger partial charge in [-0.15, -0.1) is 0 Å². The molecule has 0 fully saturated rings. The minimum absolute atomic E-state index is 0.0621. The van der Waals surface area contributed by atoms with Crippen molar-refractivity contribution >= 4 is 11.6 Å². The molecule has 0 aliphatic carbocycles. The number of hydrogen-bond donors (Lipinski definition) is 0. The molecule has 2 aromatic carbocycles. The fourth-order valence-corrected chi connectivity index (χ4v) is 3.16. The average molecular weight is 369 g/mol. The van der Waals surface area contributed by atoms with Gasteiger partial charge in [0.15, 0.2) is 0 Å². The van der Waals surface area contributed by atoms with Crippen LogP contribution >= 0.6 is 0 Å². The quantitative estimate of drug-likeness (QED) is 0.552. The van der Waals surface area contributed by atoms with Crippen LogP contribution in [0.15, 0.2) is 90.0 Å². The molecule has 2 heterocycles. The monoisotopic (exact) mass is 369 g/mol. The Hall–Kier alpha value is -3.73. The van der Waals surface area contributed by atoms with Gasteiger partial charge in [0.25, 0.3) is 11.5 Å². The normalized spacial score (nSPS) is 10.8. The summed E-state index contributed by atoms with van der Waals surface area (Å²) in [5.41, 5.74) is 3.48. The molecule has 0 radical (unpaired) electrons. The van der Waals surface area contributed by atoms with Crippen molar-refractivity contribution in [3.63, 3.8) is 0 Å². The van der Waals surface area contributed by atoms with Crippen molar-refractivity contribution in [2.75, 3.05) is 7.05 Å². The molecule has 4 rings (SSSR count). The summed E-state index contributed by atoms with van der Waals surface area (Å²) in [4.78, 5) is 31.1. The molecule has 5 heteroatoms. The van der Waals surface area contributed by atoms with Gasteiger partial charge in [0.1, 0.15) is 11.2 Å². The molecule has 0 N–H and O–H groups in total. The van der Waals surface area contributed by atoms with Crippen molar-refractivity contribution < 1.29 is 4.79 Å². The van der Waals surface area contributed by atoms with E-state index in [1.54, 1.807) is 31.4 Å². The van der Waals surface area contributed by atoms with Crippen molar-refractivity contribution in [2.45, 2.75) is 6.54 Å². The highest BCUT2D eigenvalue weighted by molar-refractivity contribution is 5.93. The molecular weight excluding hydrogens is 350 g/mol. The van der Waals surface area contributed by atoms with Crippen LogP contribution in [0.4, 0.5) is 0 Å². The third-order valence-corrected chi connectivity index (χ3v) is 4.67. The van der Waals surface area contributed by atoms with Crippen LogP contribution in [-0.4, -0.2) is 27.2 Å². The van der Waals surface area contributed by atoms with Crippen LogP contribution < -0.4 is 5.56 Å². The Morgan fingerprint density at radius 1 is 0.929 bits per heavy atom. The summed E-state index contributed by atoms with van der Waals surface area (Å²) in [5.74, 6) is -0.345. The maximum absolute atomic E-state index is 12.8. The lowest BCUT2D eigenvalue weighted by molar-refractivity contribution is 0.0782. The van der Waals surface area contributed by atoms with E-state index in [-0.39, 0.29) is 17.0 Å². The van der Waals surface area contributed by atoms with Crippen molar-refractivity contribution in [3.05, 3.63) is 107 Å². The van der Waals surface area contributed by atoms with Crippen molar-refractivity contribution in [1.82, 2.24) is 14.3 Å². The van der Waals surface area contributed by atoms with Gasteiger partial charge in [-0.3, -0.25) is 14.0 Å². The Morgan fingerprint density at radius 3 is 2.36 bits per heavy atom. The van der Waals surface area contributed by atoms with Gasteiger partial charge in [-0.1, -0.05) is 60.7 Å². The Bertz CT molecular complexity index is 1180. The van der Waals surface area contributed by atoms with Crippen molar-refractivity contribution in [1.29, 1.82) is 0 Å². The molecule has 0 aliphatic rings. The second kappa shape index (κ2) is 7.48. The van der Waals surface area contributed by atoms with Crippen molar-refractivity contribution in [3.8, 4) is 11.1 Å². The SMILES string of the molecule is CN(Cc1ccc(-c2ccccc2)cc1)C(=O)c1cnc2ccccn2c1=O. The molecule has 0 saturated heterocycles. The number of carbonyl (C=O) groups is 1. The summed E-state index contributed by atoms with van der Waals surface area (Å²) in [7, 11) is 1.69. The lowest BCUT2D eigenvalue weighted by Crippen LogP contribution is -2.32. The third-order valence-electron chi connectivity index (χ3n) is 4.67. The van der Waals surface area contributed by atoms with Crippen molar-refractivity contribution in [2.24, 2.45) is 0 Å². The topological polar surface area (TPSA) is 54.7 Å². The van der Waals surface area contributed by atoms with E-state index in [0.29, 0.717) is 12.2 Å². The number of benzene rings is 2. The average Bonchev–Trinajstić information content (AvgIpc) is 2.75. The van der Waals surface area contributed by atoms with Crippen LogP contribution in [0.3, 0.4) is 0 Å². The van der Waals surface area contributed by atoms with Gasteiger partial charge in [-0.25, -0.2) is 4.98 Å². The Labute approximate surface area is 162 Å². The fourth-order valence-electron chi connectivity index (χ4n) is 3.16. The van der Waals surface area contributed by atoms with Crippen LogP contribution in [0.5, 0.6) is 0 Å². The molecule has 0 spiro atoms. The minimum Gasteiger partial charge on any atom is -0.337 e. The number of carbonyl (C=O) groups excluding carboxylic acids is 1. The number of aromatic nitrogens is 2. The first-order valence-electron chi connectivity index (χ1n) is 9.00. The molecule has 0 saturated carbocycles. The standard InChI is InChI=1S/C23H19N3O2/c1-25(16-17-10-12-19(13-11-17)18-7-3-2-4-8-18)22(27)20-15-24-21-9-5-6-14-26(21)23(20)28/h2-15H,16H2,1H3. The summed E-state index contributed by atoms with van der Waals surface area (Å²) < 4.78 is 1.38. The lowest BCUT2D eigenvalue weighted by atomic mass is 10.0. The number of amides is 1. The van der Waals surface area contributed by atoms with Crippen LogP contribution in [0.2, 0.25) is 0 Å². The summed E-state index contributed by atoms with van der Waals surface area (Å²) >= 11 is 0. The van der Waals surface area contributed by atoms with E-state index in [9.17, 15) is 9.59 Å². The maximum atomic E-state index is 12.8. The predicted octanol–water partition coefficient (Wildman–Crippen LogP) is 3.63. The summed E-state index contributed by atoms with van der Waals surface area (Å²) in [5, 5.41) is 0. The number of hydrogen-bond acceptors (Lipinski definition) is 3. The van der Waals surface area contributed by atoms with Gasteiger partial charge in [0.05, 0.1) is 0 Å². The van der Waals surface area contributed by atoms with Gasteiger partial charge >= 0.3 is 0 Å². The molecule has 1 amide bonds. The molecule has 28 heavy (non-hydrogen) atoms. The number of fused-ring (bicyclic) bond motifs is 1. The number of rotatable bonds is 4. The summed E-state index contributed by atoms with van der Waals surface area (Å²) in [6.45, 7) is 0.408. The van der Waals surface area contributed by atoms with Crippen LogP contribution in [0.1, 0.15) is 15.9 Å². The molecule has 0 atom stereocenters. The van der Waals surface area contributed by atoms with Crippen LogP contribution in [-0.2, 0) is 6.54 Å². The molecule has 4 aromatic rings. The smallest absolute Gasteiger partial charge is 0.270 e. The first-order valence-corrected chi connectivity index (χ1v) is 9.00. The highest BCUT2D eigenvalue weighted by Gasteiger charge is 2.17. The van der Waals surface area contributed by atoms with Gasteiger partial charge in [0.2, 0.25) is 0 Å². The largest absolute Gasteiger partial charge is 0.337 e. The molecule has 138 valence electrons. The zero-order chi connectivity index (χ0) is 19.5. The van der Waals surface area contributed by atoms with Gasteiger partial charge in [-0.2, -0.15) is 0 Å². The molecule has 0 bridgehead atoms. The summed E-state index contributed by atoms with van der Waals surface area (Å²) in [6.07, 6.45) is 2.97. The zero-order valence-electron chi connectivity index (χ0n) is 15.4. The summed E-state index contributed by atoms with van der Waals surface area (Å²) in [6, 6.07) is 23.5. The molecular formula is C23H19N3O2. The van der Waals surface area contributed by atoms with E-state index in [1.807, 2.05) is 42.5 Å². The van der Waals surface area contributed by atoms with E-state index in [1.165, 1.54) is 15.5 Å². The van der Waals surface area contributed by atoms with Gasteiger partial charge in [-0.05, 0) is 28.8 Å². The zero-order valence-corrected chi connectivity index (χ0v) is 15.4. The maximum Gasteiger partial charge on any atom is 0.270 e. The first kappa shape index (κ1) is 17.7.